The van der Waals surface area contributed by atoms with Gasteiger partial charge in [0.15, 0.2) is 0 Å². The minimum atomic E-state index is -0.529. The van der Waals surface area contributed by atoms with Crippen molar-refractivity contribution in [3.8, 4) is 0 Å². The fraction of sp³-hybridized carbons (Fsp3) is 0.429. The standard InChI is InChI=1S/C21H24N4O3/c1-24-20(27)15-28-18-14-25(19(26)8-7-17-13-22-10-11-23-17)12-9-21(18,24)16-5-3-2-4-6-16/h2-6,10-11,13,18H,7-9,12,14-15H2,1H3/t18-,21+/m1/s1. The Labute approximate surface area is 164 Å². The van der Waals surface area contributed by atoms with E-state index in [2.05, 4.69) is 9.97 Å². The molecule has 4 rings (SSSR count). The lowest BCUT2D eigenvalue weighted by atomic mass is 9.76. The molecule has 1 aromatic carbocycles. The molecular weight excluding hydrogens is 356 g/mol. The van der Waals surface area contributed by atoms with Gasteiger partial charge in [-0.1, -0.05) is 30.3 Å². The highest BCUT2D eigenvalue weighted by Gasteiger charge is 2.53. The number of carbonyl (C=O) groups is 2. The van der Waals surface area contributed by atoms with E-state index in [-0.39, 0.29) is 24.5 Å². The number of morpholine rings is 1. The van der Waals surface area contributed by atoms with E-state index < -0.39 is 5.54 Å². The number of benzene rings is 1. The van der Waals surface area contributed by atoms with Crippen LogP contribution in [0.5, 0.6) is 0 Å². The van der Waals surface area contributed by atoms with E-state index in [1.165, 1.54) is 0 Å². The van der Waals surface area contributed by atoms with Crippen LogP contribution in [0.3, 0.4) is 0 Å². The summed E-state index contributed by atoms with van der Waals surface area (Å²) in [6.45, 7) is 1.12. The highest BCUT2D eigenvalue weighted by atomic mass is 16.5. The van der Waals surface area contributed by atoms with Crippen molar-refractivity contribution >= 4 is 11.8 Å². The molecule has 28 heavy (non-hydrogen) atoms. The van der Waals surface area contributed by atoms with Crippen LogP contribution in [0, 0.1) is 0 Å². The van der Waals surface area contributed by atoms with Gasteiger partial charge in [-0.05, 0) is 18.4 Å². The zero-order chi connectivity index (χ0) is 19.6. The number of hydrogen-bond acceptors (Lipinski definition) is 5. The summed E-state index contributed by atoms with van der Waals surface area (Å²) in [6, 6.07) is 10.00. The molecule has 0 aliphatic carbocycles. The normalized spacial score (nSPS) is 24.8. The van der Waals surface area contributed by atoms with Crippen LogP contribution in [0.15, 0.2) is 48.9 Å². The van der Waals surface area contributed by atoms with Crippen molar-refractivity contribution in [2.45, 2.75) is 30.9 Å². The maximum Gasteiger partial charge on any atom is 0.249 e. The lowest BCUT2D eigenvalue weighted by Gasteiger charge is -2.54. The molecule has 1 aromatic heterocycles. The number of aromatic nitrogens is 2. The van der Waals surface area contributed by atoms with Gasteiger partial charge in [-0.25, -0.2) is 0 Å². The number of aryl methyl sites for hydroxylation is 1. The van der Waals surface area contributed by atoms with Gasteiger partial charge in [0.25, 0.3) is 0 Å². The molecule has 0 saturated carbocycles. The second-order valence-corrected chi connectivity index (χ2v) is 7.33. The van der Waals surface area contributed by atoms with Gasteiger partial charge in [0.2, 0.25) is 11.8 Å². The number of carbonyl (C=O) groups excluding carboxylic acids is 2. The molecule has 2 aromatic rings. The van der Waals surface area contributed by atoms with Crippen LogP contribution in [0.4, 0.5) is 0 Å². The van der Waals surface area contributed by atoms with Gasteiger partial charge < -0.3 is 14.5 Å². The van der Waals surface area contributed by atoms with Crippen molar-refractivity contribution in [3.63, 3.8) is 0 Å². The van der Waals surface area contributed by atoms with Crippen molar-refractivity contribution in [3.05, 3.63) is 60.2 Å². The van der Waals surface area contributed by atoms with Crippen LogP contribution < -0.4 is 0 Å². The maximum absolute atomic E-state index is 12.8. The molecule has 0 spiro atoms. The molecule has 0 bridgehead atoms. The monoisotopic (exact) mass is 380 g/mol. The molecule has 146 valence electrons. The summed E-state index contributed by atoms with van der Waals surface area (Å²) in [7, 11) is 1.84. The molecule has 2 saturated heterocycles. The summed E-state index contributed by atoms with van der Waals surface area (Å²) in [6.07, 6.45) is 6.31. The van der Waals surface area contributed by atoms with Gasteiger partial charge in [0, 0.05) is 45.1 Å². The Morgan fingerprint density at radius 2 is 2.11 bits per heavy atom. The number of likely N-dealkylation sites (tertiary alicyclic amines) is 1. The molecule has 2 aliphatic heterocycles. The smallest absolute Gasteiger partial charge is 0.249 e. The summed E-state index contributed by atoms with van der Waals surface area (Å²) < 4.78 is 5.96. The minimum absolute atomic E-state index is 0.0254. The first kappa shape index (κ1) is 18.6. The van der Waals surface area contributed by atoms with Crippen molar-refractivity contribution in [1.29, 1.82) is 0 Å². The third kappa shape index (κ3) is 3.26. The molecule has 2 amide bonds. The van der Waals surface area contributed by atoms with Gasteiger partial charge in [0.05, 0.1) is 11.2 Å². The number of nitrogens with zero attached hydrogens (tertiary/aromatic N) is 4. The molecule has 0 unspecified atom stereocenters. The highest BCUT2D eigenvalue weighted by Crippen LogP contribution is 2.42. The molecule has 0 N–H and O–H groups in total. The zero-order valence-electron chi connectivity index (χ0n) is 16.0. The van der Waals surface area contributed by atoms with Gasteiger partial charge >= 0.3 is 0 Å². The van der Waals surface area contributed by atoms with E-state index in [4.69, 9.17) is 4.74 Å². The number of likely N-dealkylation sites (N-methyl/N-ethyl adjacent to an activating group) is 1. The van der Waals surface area contributed by atoms with Crippen molar-refractivity contribution < 1.29 is 14.3 Å². The SMILES string of the molecule is CN1C(=O)CO[C@@H]2CN(C(=O)CCc3cnccn3)CC[C@]21c1ccccc1. The Hall–Kier alpha value is -2.80. The fourth-order valence-electron chi connectivity index (χ4n) is 4.30. The Balaban J connectivity index is 1.51. The molecule has 7 nitrogen and oxygen atoms in total. The van der Waals surface area contributed by atoms with Crippen molar-refractivity contribution in [1.82, 2.24) is 19.8 Å². The predicted molar refractivity (Wildman–Crippen MR) is 102 cm³/mol. The number of piperidine rings is 1. The number of hydrogen-bond donors (Lipinski definition) is 0. The predicted octanol–water partition coefficient (Wildman–Crippen LogP) is 1.39. The van der Waals surface area contributed by atoms with E-state index in [9.17, 15) is 9.59 Å². The first-order chi connectivity index (χ1) is 13.6. The number of rotatable bonds is 4. The molecule has 2 fully saturated rings. The summed E-state index contributed by atoms with van der Waals surface area (Å²) in [5.41, 5.74) is 1.34. The summed E-state index contributed by atoms with van der Waals surface area (Å²) in [4.78, 5) is 37.1. The Morgan fingerprint density at radius 3 is 2.86 bits per heavy atom. The summed E-state index contributed by atoms with van der Waals surface area (Å²) in [5, 5.41) is 0. The number of ether oxygens (including phenoxy) is 1. The average molecular weight is 380 g/mol. The Kier molecular flexibility index (Phi) is 5.09. The quantitative estimate of drug-likeness (QED) is 0.801. The van der Waals surface area contributed by atoms with Crippen LogP contribution in [-0.4, -0.2) is 64.4 Å². The summed E-state index contributed by atoms with van der Waals surface area (Å²) >= 11 is 0. The van der Waals surface area contributed by atoms with Crippen LogP contribution >= 0.6 is 0 Å². The summed E-state index contributed by atoms with van der Waals surface area (Å²) in [5.74, 6) is 0.0537. The van der Waals surface area contributed by atoms with Gasteiger partial charge in [0.1, 0.15) is 12.7 Å². The molecule has 7 heteroatoms. The second-order valence-electron chi connectivity index (χ2n) is 7.33. The van der Waals surface area contributed by atoms with E-state index in [0.717, 1.165) is 11.3 Å². The van der Waals surface area contributed by atoms with Gasteiger partial charge in [-0.3, -0.25) is 19.6 Å². The fourth-order valence-corrected chi connectivity index (χ4v) is 4.30. The third-order valence-corrected chi connectivity index (χ3v) is 5.90. The van der Waals surface area contributed by atoms with E-state index in [1.54, 1.807) is 18.6 Å². The molecule has 2 aliphatic rings. The lowest BCUT2D eigenvalue weighted by molar-refractivity contribution is -0.184. The van der Waals surface area contributed by atoms with Crippen LogP contribution in [0.2, 0.25) is 0 Å². The molecule has 0 radical (unpaired) electrons. The molecule has 2 atom stereocenters. The average Bonchev–Trinajstić information content (AvgIpc) is 2.76. The molecule has 3 heterocycles. The number of amides is 2. The maximum atomic E-state index is 12.8. The minimum Gasteiger partial charge on any atom is -0.364 e. The number of fused-ring (bicyclic) bond motifs is 1. The first-order valence-corrected chi connectivity index (χ1v) is 9.58. The van der Waals surface area contributed by atoms with Crippen LogP contribution in [0.25, 0.3) is 0 Å². The lowest BCUT2D eigenvalue weighted by Crippen LogP contribution is -2.67. The van der Waals surface area contributed by atoms with Gasteiger partial charge in [-0.15, -0.1) is 0 Å². The second kappa shape index (κ2) is 7.67. The van der Waals surface area contributed by atoms with Crippen molar-refractivity contribution in [2.24, 2.45) is 0 Å². The van der Waals surface area contributed by atoms with Crippen LogP contribution in [-0.2, 0) is 26.3 Å². The van der Waals surface area contributed by atoms with E-state index in [0.29, 0.717) is 32.4 Å². The molecular formula is C21H24N4O3. The Bertz CT molecular complexity index is 845. The van der Waals surface area contributed by atoms with Gasteiger partial charge in [-0.2, -0.15) is 0 Å². The first-order valence-electron chi connectivity index (χ1n) is 9.58. The largest absolute Gasteiger partial charge is 0.364 e. The highest BCUT2D eigenvalue weighted by molar-refractivity contribution is 5.80. The Morgan fingerprint density at radius 1 is 1.29 bits per heavy atom. The topological polar surface area (TPSA) is 75.6 Å². The van der Waals surface area contributed by atoms with Crippen LogP contribution in [0.1, 0.15) is 24.1 Å². The van der Waals surface area contributed by atoms with E-state index in [1.807, 2.05) is 47.2 Å². The third-order valence-electron chi connectivity index (χ3n) is 5.90. The van der Waals surface area contributed by atoms with Crippen molar-refractivity contribution in [2.75, 3.05) is 26.7 Å². The zero-order valence-corrected chi connectivity index (χ0v) is 16.0. The van der Waals surface area contributed by atoms with E-state index >= 15 is 0 Å².